The summed E-state index contributed by atoms with van der Waals surface area (Å²) in [7, 11) is 0. The fraction of sp³-hybridized carbons (Fsp3) is 0.867. The molecule has 4 heteroatoms. The first-order chi connectivity index (χ1) is 9.06. The van der Waals surface area contributed by atoms with Crippen LogP contribution in [0.5, 0.6) is 0 Å². The maximum Gasteiger partial charge on any atom is 0.138 e. The Morgan fingerprint density at radius 1 is 1.37 bits per heavy atom. The van der Waals surface area contributed by atoms with Crippen molar-refractivity contribution in [1.29, 1.82) is 0 Å². The van der Waals surface area contributed by atoms with E-state index in [0.29, 0.717) is 11.3 Å². The van der Waals surface area contributed by atoms with Gasteiger partial charge >= 0.3 is 0 Å². The topological polar surface area (TPSA) is 30.7 Å². The smallest absolute Gasteiger partial charge is 0.138 e. The lowest BCUT2D eigenvalue weighted by atomic mass is 9.79. The molecule has 0 saturated heterocycles. The monoisotopic (exact) mass is 329 g/mol. The van der Waals surface area contributed by atoms with E-state index >= 15 is 0 Å². The molecule has 0 aromatic carbocycles. The predicted molar refractivity (Wildman–Crippen MR) is 84.6 cm³/mol. The van der Waals surface area contributed by atoms with Crippen molar-refractivity contribution in [3.8, 4) is 0 Å². The second kappa shape index (κ2) is 8.03. The molecular weight excluding hydrogens is 302 g/mol. The van der Waals surface area contributed by atoms with E-state index in [9.17, 15) is 0 Å². The van der Waals surface area contributed by atoms with Crippen molar-refractivity contribution in [2.45, 2.75) is 66.3 Å². The van der Waals surface area contributed by atoms with E-state index in [1.807, 2.05) is 0 Å². The quantitative estimate of drug-likeness (QED) is 0.626. The molecule has 0 aliphatic rings. The number of rotatable bonds is 9. The number of aromatic nitrogens is 3. The SMILES string of the molecule is CCCCC(CC)(CBr)Cc1ncnn1CC(C)C. The van der Waals surface area contributed by atoms with Gasteiger partial charge in [-0.15, -0.1) is 0 Å². The summed E-state index contributed by atoms with van der Waals surface area (Å²) in [6, 6.07) is 0. The molecule has 0 aliphatic carbocycles. The fourth-order valence-electron chi connectivity index (χ4n) is 2.41. The fourth-order valence-corrected chi connectivity index (χ4v) is 3.28. The molecule has 1 atom stereocenters. The summed E-state index contributed by atoms with van der Waals surface area (Å²) in [5.74, 6) is 1.75. The van der Waals surface area contributed by atoms with Gasteiger partial charge in [-0.05, 0) is 24.2 Å². The first kappa shape index (κ1) is 16.7. The highest BCUT2D eigenvalue weighted by molar-refractivity contribution is 9.09. The molecule has 1 rings (SSSR count). The molecule has 0 bridgehead atoms. The zero-order valence-corrected chi connectivity index (χ0v) is 14.4. The molecule has 0 saturated carbocycles. The second-order valence-corrected chi connectivity index (χ2v) is 6.58. The van der Waals surface area contributed by atoms with E-state index < -0.39 is 0 Å². The van der Waals surface area contributed by atoms with Crippen molar-refractivity contribution in [3.63, 3.8) is 0 Å². The average Bonchev–Trinajstić information content (AvgIpc) is 2.81. The Morgan fingerprint density at radius 3 is 2.63 bits per heavy atom. The first-order valence-corrected chi connectivity index (χ1v) is 8.61. The van der Waals surface area contributed by atoms with Crippen molar-refractivity contribution < 1.29 is 0 Å². The number of hydrogen-bond donors (Lipinski definition) is 0. The molecule has 0 radical (unpaired) electrons. The van der Waals surface area contributed by atoms with Crippen LogP contribution in [-0.2, 0) is 13.0 Å². The van der Waals surface area contributed by atoms with Crippen LogP contribution < -0.4 is 0 Å². The summed E-state index contributed by atoms with van der Waals surface area (Å²) < 4.78 is 2.09. The highest BCUT2D eigenvalue weighted by Crippen LogP contribution is 2.34. The normalized spacial score (nSPS) is 14.8. The Hall–Kier alpha value is -0.380. The molecule has 19 heavy (non-hydrogen) atoms. The van der Waals surface area contributed by atoms with Gasteiger partial charge in [0.1, 0.15) is 12.2 Å². The van der Waals surface area contributed by atoms with Gasteiger partial charge < -0.3 is 0 Å². The summed E-state index contributed by atoms with van der Waals surface area (Å²) in [6.45, 7) is 9.96. The van der Waals surface area contributed by atoms with Gasteiger partial charge in [0.2, 0.25) is 0 Å². The average molecular weight is 330 g/mol. The van der Waals surface area contributed by atoms with Crippen LogP contribution in [0.4, 0.5) is 0 Å². The summed E-state index contributed by atoms with van der Waals surface area (Å²) in [5.41, 5.74) is 0.331. The van der Waals surface area contributed by atoms with Gasteiger partial charge in [0.15, 0.2) is 0 Å². The highest BCUT2D eigenvalue weighted by Gasteiger charge is 2.28. The number of hydrogen-bond acceptors (Lipinski definition) is 2. The van der Waals surface area contributed by atoms with Gasteiger partial charge in [0.05, 0.1) is 0 Å². The van der Waals surface area contributed by atoms with Gasteiger partial charge in [0.25, 0.3) is 0 Å². The van der Waals surface area contributed by atoms with Crippen LogP contribution in [0.1, 0.15) is 59.2 Å². The van der Waals surface area contributed by atoms with Crippen LogP contribution in [0.15, 0.2) is 6.33 Å². The predicted octanol–water partition coefficient (Wildman–Crippen LogP) is 4.46. The largest absolute Gasteiger partial charge is 0.250 e. The van der Waals surface area contributed by atoms with Crippen molar-refractivity contribution in [3.05, 3.63) is 12.2 Å². The molecule has 3 nitrogen and oxygen atoms in total. The van der Waals surface area contributed by atoms with E-state index in [2.05, 4.69) is 58.4 Å². The van der Waals surface area contributed by atoms with Crippen molar-refractivity contribution in [2.75, 3.05) is 5.33 Å². The van der Waals surface area contributed by atoms with E-state index in [1.165, 1.54) is 25.7 Å². The first-order valence-electron chi connectivity index (χ1n) is 7.49. The van der Waals surface area contributed by atoms with Crippen LogP contribution in [0, 0.1) is 11.3 Å². The molecule has 1 aromatic rings. The lowest BCUT2D eigenvalue weighted by molar-refractivity contribution is 0.271. The van der Waals surface area contributed by atoms with E-state index in [-0.39, 0.29) is 0 Å². The molecule has 1 unspecified atom stereocenters. The summed E-state index contributed by atoms with van der Waals surface area (Å²) in [6.07, 6.45) is 7.73. The standard InChI is InChI=1S/C15H28BrN3/c1-5-7-8-15(6-2,11-16)9-14-17-12-18-19(14)10-13(3)4/h12-13H,5-11H2,1-4H3. The third-order valence-electron chi connectivity index (χ3n) is 3.86. The number of unbranched alkanes of at least 4 members (excludes halogenated alkanes) is 1. The zero-order chi connectivity index (χ0) is 14.3. The van der Waals surface area contributed by atoms with Gasteiger partial charge in [-0.1, -0.05) is 56.5 Å². The van der Waals surface area contributed by atoms with Gasteiger partial charge in [0, 0.05) is 18.3 Å². The van der Waals surface area contributed by atoms with E-state index in [4.69, 9.17) is 0 Å². The zero-order valence-electron chi connectivity index (χ0n) is 12.8. The van der Waals surface area contributed by atoms with Gasteiger partial charge in [-0.2, -0.15) is 5.10 Å². The summed E-state index contributed by atoms with van der Waals surface area (Å²) >= 11 is 3.73. The molecule has 110 valence electrons. The molecule has 0 spiro atoms. The minimum atomic E-state index is 0.331. The van der Waals surface area contributed by atoms with Crippen molar-refractivity contribution in [2.24, 2.45) is 11.3 Å². The Labute approximate surface area is 126 Å². The second-order valence-electron chi connectivity index (χ2n) is 6.02. The van der Waals surface area contributed by atoms with Crippen LogP contribution in [0.2, 0.25) is 0 Å². The Morgan fingerprint density at radius 2 is 2.11 bits per heavy atom. The van der Waals surface area contributed by atoms with Gasteiger partial charge in [-0.3, -0.25) is 0 Å². The van der Waals surface area contributed by atoms with Crippen LogP contribution in [0.25, 0.3) is 0 Å². The molecular formula is C15H28BrN3. The lowest BCUT2D eigenvalue weighted by Gasteiger charge is -2.30. The van der Waals surface area contributed by atoms with Crippen molar-refractivity contribution >= 4 is 15.9 Å². The number of halogens is 1. The third-order valence-corrected chi connectivity index (χ3v) is 5.05. The Kier molecular flexibility index (Phi) is 7.05. The van der Waals surface area contributed by atoms with Crippen LogP contribution in [-0.4, -0.2) is 20.1 Å². The summed E-state index contributed by atoms with van der Waals surface area (Å²) in [5, 5.41) is 5.43. The van der Waals surface area contributed by atoms with E-state index in [0.717, 1.165) is 24.1 Å². The molecule has 0 fully saturated rings. The van der Waals surface area contributed by atoms with Crippen molar-refractivity contribution in [1.82, 2.24) is 14.8 Å². The molecule has 0 N–H and O–H groups in total. The molecule has 0 amide bonds. The van der Waals surface area contributed by atoms with E-state index in [1.54, 1.807) is 6.33 Å². The molecule has 0 aliphatic heterocycles. The minimum absolute atomic E-state index is 0.331. The third kappa shape index (κ3) is 4.90. The lowest BCUT2D eigenvalue weighted by Crippen LogP contribution is -2.27. The number of nitrogens with zero attached hydrogens (tertiary/aromatic N) is 3. The Bertz CT molecular complexity index is 356. The maximum atomic E-state index is 4.49. The van der Waals surface area contributed by atoms with Crippen LogP contribution in [0.3, 0.4) is 0 Å². The van der Waals surface area contributed by atoms with Crippen LogP contribution >= 0.6 is 15.9 Å². The minimum Gasteiger partial charge on any atom is -0.250 e. The molecule has 1 heterocycles. The molecule has 1 aromatic heterocycles. The highest BCUT2D eigenvalue weighted by atomic mass is 79.9. The Balaban J connectivity index is 2.81. The summed E-state index contributed by atoms with van der Waals surface area (Å²) in [4.78, 5) is 4.49. The maximum absolute atomic E-state index is 4.49. The van der Waals surface area contributed by atoms with Gasteiger partial charge in [-0.25, -0.2) is 9.67 Å². The number of alkyl halides is 1.